The lowest BCUT2D eigenvalue weighted by Crippen LogP contribution is -2.47. The second kappa shape index (κ2) is 8.19. The van der Waals surface area contributed by atoms with Gasteiger partial charge in [0.2, 0.25) is 0 Å². The van der Waals surface area contributed by atoms with E-state index in [1.807, 2.05) is 12.3 Å². The number of piperidine rings is 1. The smallest absolute Gasteiger partial charge is 0.129 e. The molecular weight excluding hydrogens is 384 g/mol. The number of fused-ring (bicyclic) bond motifs is 1. The second-order valence-electron chi connectivity index (χ2n) is 8.55. The summed E-state index contributed by atoms with van der Waals surface area (Å²) in [7, 11) is 2.17. The lowest BCUT2D eigenvalue weighted by atomic mass is 9.97. The van der Waals surface area contributed by atoms with Gasteiger partial charge in [0.1, 0.15) is 5.15 Å². The van der Waals surface area contributed by atoms with Crippen LogP contribution in [-0.2, 0) is 0 Å². The van der Waals surface area contributed by atoms with Crippen molar-refractivity contribution in [2.45, 2.75) is 25.7 Å². The van der Waals surface area contributed by atoms with Crippen LogP contribution in [0.2, 0.25) is 5.15 Å². The van der Waals surface area contributed by atoms with Crippen molar-refractivity contribution in [3.05, 3.63) is 41.3 Å². The Hall–Kier alpha value is -1.73. The summed E-state index contributed by atoms with van der Waals surface area (Å²) in [6.45, 7) is 6.93. The number of hydrazine groups is 2. The summed E-state index contributed by atoms with van der Waals surface area (Å²) in [5, 5.41) is 10.4. The third kappa shape index (κ3) is 4.12. The van der Waals surface area contributed by atoms with Gasteiger partial charge in [-0.3, -0.25) is 4.98 Å². The molecular formula is C22H29ClN6. The molecule has 3 aliphatic rings. The molecule has 0 aromatic carbocycles. The van der Waals surface area contributed by atoms with Crippen LogP contribution in [0, 0.1) is 5.92 Å². The summed E-state index contributed by atoms with van der Waals surface area (Å²) in [5.74, 6) is 0.752. The Labute approximate surface area is 177 Å². The van der Waals surface area contributed by atoms with Gasteiger partial charge >= 0.3 is 0 Å². The van der Waals surface area contributed by atoms with Crippen LogP contribution in [0.3, 0.4) is 0 Å². The van der Waals surface area contributed by atoms with E-state index >= 15 is 0 Å². The summed E-state index contributed by atoms with van der Waals surface area (Å²) in [4.78, 5) is 8.99. The SMILES string of the molecule is CN1CC(c2cnc3ccc(Cl)nc3c2)=CN1CC1CCN(N2CCCC2)CC1. The van der Waals surface area contributed by atoms with Crippen LogP contribution in [0.15, 0.2) is 30.6 Å². The summed E-state index contributed by atoms with van der Waals surface area (Å²) < 4.78 is 0. The minimum Gasteiger partial charge on any atom is -0.312 e. The Morgan fingerprint density at radius 3 is 2.59 bits per heavy atom. The molecule has 29 heavy (non-hydrogen) atoms. The van der Waals surface area contributed by atoms with Crippen molar-refractivity contribution in [2.24, 2.45) is 5.92 Å². The molecule has 5 heterocycles. The molecule has 7 heteroatoms. The zero-order valence-corrected chi connectivity index (χ0v) is 17.9. The van der Waals surface area contributed by atoms with E-state index in [-0.39, 0.29) is 0 Å². The van der Waals surface area contributed by atoms with E-state index in [9.17, 15) is 0 Å². The molecule has 6 nitrogen and oxygen atoms in total. The highest BCUT2D eigenvalue weighted by atomic mass is 35.5. The third-order valence-corrected chi connectivity index (χ3v) is 6.75. The first-order valence-corrected chi connectivity index (χ1v) is 11.1. The maximum atomic E-state index is 6.06. The fourth-order valence-electron chi connectivity index (χ4n) is 4.80. The number of halogens is 1. The molecule has 2 saturated heterocycles. The van der Waals surface area contributed by atoms with Gasteiger partial charge in [-0.2, -0.15) is 0 Å². The molecule has 2 aromatic rings. The average Bonchev–Trinajstić information content (AvgIpc) is 3.39. The number of rotatable bonds is 4. The van der Waals surface area contributed by atoms with Gasteiger partial charge < -0.3 is 5.01 Å². The number of aromatic nitrogens is 2. The fraction of sp³-hybridized carbons (Fsp3) is 0.545. The third-order valence-electron chi connectivity index (χ3n) is 6.54. The second-order valence-corrected chi connectivity index (χ2v) is 8.93. The summed E-state index contributed by atoms with van der Waals surface area (Å²) in [6, 6.07) is 5.81. The molecule has 2 aromatic heterocycles. The van der Waals surface area contributed by atoms with Gasteiger partial charge in [0, 0.05) is 64.3 Å². The highest BCUT2D eigenvalue weighted by Crippen LogP contribution is 2.28. The quantitative estimate of drug-likeness (QED) is 0.715. The standard InChI is InChI=1S/C22H29ClN6/c1-26-15-19(18-12-21-20(24-13-18)4-5-22(23)25-21)16-29(26)14-17-6-10-28(11-7-17)27-8-2-3-9-27/h4-5,12-13,16-17H,2-3,6-11,14-15H2,1H3. The minimum atomic E-state index is 0.510. The molecule has 154 valence electrons. The molecule has 0 spiro atoms. The van der Waals surface area contributed by atoms with Gasteiger partial charge in [-0.15, -0.1) is 0 Å². The molecule has 0 amide bonds. The first-order valence-electron chi connectivity index (χ1n) is 10.8. The molecule has 3 aliphatic heterocycles. The Balaban J connectivity index is 1.24. The molecule has 0 radical (unpaired) electrons. The fourth-order valence-corrected chi connectivity index (χ4v) is 4.96. The predicted molar refractivity (Wildman–Crippen MR) is 117 cm³/mol. The van der Waals surface area contributed by atoms with Crippen molar-refractivity contribution in [3.8, 4) is 0 Å². The van der Waals surface area contributed by atoms with Gasteiger partial charge in [0.15, 0.2) is 0 Å². The molecule has 0 saturated carbocycles. The topological polar surface area (TPSA) is 38.7 Å². The van der Waals surface area contributed by atoms with Gasteiger partial charge in [-0.05, 0) is 55.4 Å². The normalized spacial score (nSPS) is 22.7. The van der Waals surface area contributed by atoms with Crippen LogP contribution in [0.5, 0.6) is 0 Å². The minimum absolute atomic E-state index is 0.510. The number of likely N-dealkylation sites (N-methyl/N-ethyl adjacent to an activating group) is 1. The van der Waals surface area contributed by atoms with E-state index in [2.05, 4.69) is 49.3 Å². The molecule has 0 aliphatic carbocycles. The van der Waals surface area contributed by atoms with E-state index in [0.717, 1.165) is 35.6 Å². The molecule has 2 fully saturated rings. The van der Waals surface area contributed by atoms with Gasteiger partial charge in [-0.1, -0.05) is 11.6 Å². The van der Waals surface area contributed by atoms with Crippen LogP contribution in [0.1, 0.15) is 31.2 Å². The number of pyridine rings is 2. The zero-order chi connectivity index (χ0) is 19.8. The molecule has 5 rings (SSSR count). The monoisotopic (exact) mass is 412 g/mol. The van der Waals surface area contributed by atoms with E-state index in [4.69, 9.17) is 11.6 Å². The Morgan fingerprint density at radius 1 is 1.03 bits per heavy atom. The van der Waals surface area contributed by atoms with Gasteiger partial charge in [-0.25, -0.2) is 20.0 Å². The first-order chi connectivity index (χ1) is 14.2. The van der Waals surface area contributed by atoms with E-state index in [1.165, 1.54) is 57.4 Å². The Morgan fingerprint density at radius 2 is 1.79 bits per heavy atom. The molecule has 0 N–H and O–H groups in total. The predicted octanol–water partition coefficient (Wildman–Crippen LogP) is 3.51. The van der Waals surface area contributed by atoms with Crippen LogP contribution in [-0.4, -0.2) is 76.3 Å². The number of nitrogens with zero attached hydrogens (tertiary/aromatic N) is 6. The lowest BCUT2D eigenvalue weighted by Gasteiger charge is -2.39. The van der Waals surface area contributed by atoms with E-state index in [0.29, 0.717) is 5.15 Å². The molecule has 0 unspecified atom stereocenters. The van der Waals surface area contributed by atoms with E-state index in [1.54, 1.807) is 6.07 Å². The number of hydrogen-bond donors (Lipinski definition) is 0. The Bertz CT molecular complexity index is 901. The van der Waals surface area contributed by atoms with Crippen molar-refractivity contribution < 1.29 is 0 Å². The van der Waals surface area contributed by atoms with Crippen LogP contribution >= 0.6 is 11.6 Å². The first kappa shape index (κ1) is 19.2. The molecule has 0 bridgehead atoms. The highest BCUT2D eigenvalue weighted by molar-refractivity contribution is 6.29. The van der Waals surface area contributed by atoms with Crippen LogP contribution in [0.25, 0.3) is 16.6 Å². The maximum Gasteiger partial charge on any atom is 0.129 e. The van der Waals surface area contributed by atoms with Gasteiger partial charge in [0.25, 0.3) is 0 Å². The summed E-state index contributed by atoms with van der Waals surface area (Å²) in [5.41, 5.74) is 4.15. The van der Waals surface area contributed by atoms with E-state index < -0.39 is 0 Å². The summed E-state index contributed by atoms with van der Waals surface area (Å²) in [6.07, 6.45) is 9.53. The lowest BCUT2D eigenvalue weighted by molar-refractivity contribution is -0.0398. The average molecular weight is 413 g/mol. The van der Waals surface area contributed by atoms with Crippen molar-refractivity contribution in [1.82, 2.24) is 30.0 Å². The van der Waals surface area contributed by atoms with Crippen molar-refractivity contribution in [1.29, 1.82) is 0 Å². The molecule has 0 atom stereocenters. The largest absolute Gasteiger partial charge is 0.312 e. The van der Waals surface area contributed by atoms with Gasteiger partial charge in [0.05, 0.1) is 11.0 Å². The number of hydrogen-bond acceptors (Lipinski definition) is 6. The van der Waals surface area contributed by atoms with Crippen molar-refractivity contribution in [2.75, 3.05) is 46.3 Å². The van der Waals surface area contributed by atoms with Crippen molar-refractivity contribution >= 4 is 28.2 Å². The van der Waals surface area contributed by atoms with Crippen molar-refractivity contribution in [3.63, 3.8) is 0 Å². The van der Waals surface area contributed by atoms with Crippen LogP contribution in [0.4, 0.5) is 0 Å². The maximum absolute atomic E-state index is 6.06. The highest BCUT2D eigenvalue weighted by Gasteiger charge is 2.28. The zero-order valence-electron chi connectivity index (χ0n) is 17.1. The Kier molecular flexibility index (Phi) is 5.43. The van der Waals surface area contributed by atoms with Crippen LogP contribution < -0.4 is 0 Å². The summed E-state index contributed by atoms with van der Waals surface area (Å²) >= 11 is 6.06.